The van der Waals surface area contributed by atoms with Gasteiger partial charge in [0.1, 0.15) is 17.2 Å². The molecule has 3 rings (SSSR count). The number of furan rings is 1. The number of carbonyl (C=O) groups excluding carboxylic acids is 2. The molecule has 31 heavy (non-hydrogen) atoms. The number of hydrogen-bond acceptors (Lipinski definition) is 4. The van der Waals surface area contributed by atoms with Crippen LogP contribution in [-0.2, 0) is 4.79 Å². The number of amides is 2. The minimum absolute atomic E-state index is 0.0907. The number of ether oxygens (including phenoxy) is 1. The van der Waals surface area contributed by atoms with Crippen molar-refractivity contribution in [2.45, 2.75) is 26.8 Å². The highest BCUT2D eigenvalue weighted by atomic mass is 16.5. The van der Waals surface area contributed by atoms with E-state index in [0.29, 0.717) is 17.1 Å². The molecule has 0 bridgehead atoms. The molecule has 1 aromatic heterocycles. The van der Waals surface area contributed by atoms with Crippen LogP contribution in [0.1, 0.15) is 45.8 Å². The lowest BCUT2D eigenvalue weighted by Gasteiger charge is -2.19. The summed E-state index contributed by atoms with van der Waals surface area (Å²) >= 11 is 0. The Morgan fingerprint density at radius 2 is 1.81 bits per heavy atom. The van der Waals surface area contributed by atoms with Gasteiger partial charge in [-0.15, -0.1) is 0 Å². The smallest absolute Gasteiger partial charge is 0.268 e. The molecule has 6 heteroatoms. The van der Waals surface area contributed by atoms with E-state index in [2.05, 4.69) is 10.6 Å². The normalized spacial score (nSPS) is 12.2. The van der Waals surface area contributed by atoms with Crippen LogP contribution in [-0.4, -0.2) is 18.9 Å². The van der Waals surface area contributed by atoms with Crippen LogP contribution in [0, 0.1) is 13.8 Å². The molecule has 1 atom stereocenters. The fraction of sp³-hybridized carbons (Fsp3) is 0.200. The average Bonchev–Trinajstić information content (AvgIpc) is 3.28. The van der Waals surface area contributed by atoms with E-state index in [1.807, 2.05) is 39.0 Å². The van der Waals surface area contributed by atoms with Gasteiger partial charge in [0.05, 0.1) is 19.4 Å². The van der Waals surface area contributed by atoms with Crippen molar-refractivity contribution in [3.05, 3.63) is 94.6 Å². The Balaban J connectivity index is 1.82. The molecule has 3 aromatic rings. The summed E-state index contributed by atoms with van der Waals surface area (Å²) in [7, 11) is 1.56. The van der Waals surface area contributed by atoms with Crippen molar-refractivity contribution in [1.29, 1.82) is 0 Å². The molecule has 0 aliphatic carbocycles. The van der Waals surface area contributed by atoms with Crippen LogP contribution >= 0.6 is 0 Å². The van der Waals surface area contributed by atoms with E-state index in [0.717, 1.165) is 16.7 Å². The Labute approximate surface area is 181 Å². The molecular formula is C25H26N2O4. The first kappa shape index (κ1) is 21.9. The number of aryl methyl sites for hydroxylation is 2. The van der Waals surface area contributed by atoms with Gasteiger partial charge in [0.25, 0.3) is 11.8 Å². The van der Waals surface area contributed by atoms with Crippen LogP contribution in [0.4, 0.5) is 0 Å². The van der Waals surface area contributed by atoms with Crippen LogP contribution in [0.3, 0.4) is 0 Å². The maximum atomic E-state index is 13.1. The molecule has 0 spiro atoms. The molecule has 0 unspecified atom stereocenters. The number of methoxy groups -OCH3 is 1. The van der Waals surface area contributed by atoms with Crippen molar-refractivity contribution in [1.82, 2.24) is 10.6 Å². The molecule has 1 heterocycles. The average molecular weight is 418 g/mol. The maximum Gasteiger partial charge on any atom is 0.268 e. The van der Waals surface area contributed by atoms with Crippen LogP contribution in [0.5, 0.6) is 5.75 Å². The Bertz CT molecular complexity index is 1080. The first-order valence-electron chi connectivity index (χ1n) is 9.96. The van der Waals surface area contributed by atoms with Gasteiger partial charge >= 0.3 is 0 Å². The Kier molecular flexibility index (Phi) is 6.92. The van der Waals surface area contributed by atoms with E-state index in [-0.39, 0.29) is 11.7 Å². The van der Waals surface area contributed by atoms with E-state index in [1.54, 1.807) is 43.5 Å². The molecule has 6 nitrogen and oxygen atoms in total. The molecule has 0 aliphatic rings. The summed E-state index contributed by atoms with van der Waals surface area (Å²) in [5.74, 6) is 0.282. The zero-order chi connectivity index (χ0) is 22.4. The lowest BCUT2D eigenvalue weighted by molar-refractivity contribution is -0.118. The predicted octanol–water partition coefficient (Wildman–Crippen LogP) is 4.55. The maximum absolute atomic E-state index is 13.1. The number of nitrogens with one attached hydrogen (secondary N) is 2. The van der Waals surface area contributed by atoms with Crippen molar-refractivity contribution in [2.24, 2.45) is 0 Å². The summed E-state index contributed by atoms with van der Waals surface area (Å²) in [5, 5.41) is 5.67. The van der Waals surface area contributed by atoms with Crippen molar-refractivity contribution < 1.29 is 18.7 Å². The van der Waals surface area contributed by atoms with Crippen LogP contribution in [0.2, 0.25) is 0 Å². The number of benzene rings is 2. The zero-order valence-corrected chi connectivity index (χ0v) is 18.1. The van der Waals surface area contributed by atoms with E-state index in [9.17, 15) is 9.59 Å². The van der Waals surface area contributed by atoms with E-state index in [1.165, 1.54) is 12.3 Å². The highest BCUT2D eigenvalue weighted by molar-refractivity contribution is 6.05. The lowest BCUT2D eigenvalue weighted by Crippen LogP contribution is -2.36. The molecule has 2 amide bonds. The third kappa shape index (κ3) is 5.63. The van der Waals surface area contributed by atoms with Crippen molar-refractivity contribution in [3.63, 3.8) is 0 Å². The van der Waals surface area contributed by atoms with Gasteiger partial charge in [0.2, 0.25) is 0 Å². The van der Waals surface area contributed by atoms with Crippen LogP contribution in [0.25, 0.3) is 6.08 Å². The Morgan fingerprint density at radius 1 is 1.06 bits per heavy atom. The van der Waals surface area contributed by atoms with Crippen molar-refractivity contribution in [3.8, 4) is 5.75 Å². The second-order valence-electron chi connectivity index (χ2n) is 7.31. The van der Waals surface area contributed by atoms with Gasteiger partial charge < -0.3 is 19.8 Å². The monoisotopic (exact) mass is 418 g/mol. The van der Waals surface area contributed by atoms with E-state index in [4.69, 9.17) is 9.15 Å². The van der Waals surface area contributed by atoms with Crippen molar-refractivity contribution >= 4 is 17.9 Å². The topological polar surface area (TPSA) is 80.6 Å². The summed E-state index contributed by atoms with van der Waals surface area (Å²) in [5.41, 5.74) is 3.71. The summed E-state index contributed by atoms with van der Waals surface area (Å²) in [6.07, 6.45) is 3.01. The number of carbonyl (C=O) groups is 2. The largest absolute Gasteiger partial charge is 0.497 e. The molecule has 0 fully saturated rings. The molecule has 0 saturated carbocycles. The fourth-order valence-corrected chi connectivity index (χ4v) is 3.19. The van der Waals surface area contributed by atoms with Gasteiger partial charge in [-0.3, -0.25) is 9.59 Å². The van der Waals surface area contributed by atoms with Gasteiger partial charge in [-0.25, -0.2) is 0 Å². The van der Waals surface area contributed by atoms with Gasteiger partial charge in [-0.1, -0.05) is 23.8 Å². The Morgan fingerprint density at radius 3 is 2.45 bits per heavy atom. The molecule has 2 N–H and O–H groups in total. The van der Waals surface area contributed by atoms with E-state index < -0.39 is 11.8 Å². The SMILES string of the molecule is COc1ccc(C(=O)N/C(=C\c2ccco2)C(=O)N[C@@H](C)c2cc(C)ccc2C)cc1. The van der Waals surface area contributed by atoms with Gasteiger partial charge in [-0.05, 0) is 68.3 Å². The fourth-order valence-electron chi connectivity index (χ4n) is 3.19. The highest BCUT2D eigenvalue weighted by Gasteiger charge is 2.19. The second-order valence-corrected chi connectivity index (χ2v) is 7.31. The molecule has 160 valence electrons. The standard InChI is InChI=1S/C25H26N2O4/c1-16-7-8-17(2)22(14-16)18(3)26-25(29)23(15-21-6-5-13-31-21)27-24(28)19-9-11-20(30-4)12-10-19/h5-15,18H,1-4H3,(H,26,29)(H,27,28)/b23-15-/t18-/m0/s1. The highest BCUT2D eigenvalue weighted by Crippen LogP contribution is 2.20. The first-order valence-corrected chi connectivity index (χ1v) is 9.96. The third-order valence-electron chi connectivity index (χ3n) is 4.92. The van der Waals surface area contributed by atoms with Crippen molar-refractivity contribution in [2.75, 3.05) is 7.11 Å². The molecule has 2 aromatic carbocycles. The third-order valence-corrected chi connectivity index (χ3v) is 4.92. The molecule has 0 aliphatic heterocycles. The summed E-state index contributed by atoms with van der Waals surface area (Å²) in [6, 6.07) is 15.9. The minimum Gasteiger partial charge on any atom is -0.497 e. The van der Waals surface area contributed by atoms with Gasteiger partial charge in [0.15, 0.2) is 0 Å². The summed E-state index contributed by atoms with van der Waals surface area (Å²) in [4.78, 5) is 25.8. The summed E-state index contributed by atoms with van der Waals surface area (Å²) < 4.78 is 10.5. The second kappa shape index (κ2) is 9.80. The van der Waals surface area contributed by atoms with E-state index >= 15 is 0 Å². The molecular weight excluding hydrogens is 392 g/mol. The van der Waals surface area contributed by atoms with Crippen LogP contribution < -0.4 is 15.4 Å². The first-order chi connectivity index (χ1) is 14.9. The quantitative estimate of drug-likeness (QED) is 0.552. The van der Waals surface area contributed by atoms with Gasteiger partial charge in [0, 0.05) is 11.6 Å². The number of hydrogen-bond donors (Lipinski definition) is 2. The molecule has 0 saturated heterocycles. The van der Waals surface area contributed by atoms with Crippen LogP contribution in [0.15, 0.2) is 71.0 Å². The Hall–Kier alpha value is -3.80. The zero-order valence-electron chi connectivity index (χ0n) is 18.1. The number of rotatable bonds is 7. The molecule has 0 radical (unpaired) electrons. The van der Waals surface area contributed by atoms with Gasteiger partial charge in [-0.2, -0.15) is 0 Å². The predicted molar refractivity (Wildman–Crippen MR) is 120 cm³/mol. The minimum atomic E-state index is -0.410. The lowest BCUT2D eigenvalue weighted by atomic mass is 10.00. The summed E-state index contributed by atoms with van der Waals surface area (Å²) in [6.45, 7) is 5.92.